The number of rotatable bonds is 8. The van der Waals surface area contributed by atoms with E-state index in [0.29, 0.717) is 12.7 Å². The van der Waals surface area contributed by atoms with Gasteiger partial charge in [-0.1, -0.05) is 13.8 Å². The quantitative estimate of drug-likeness (QED) is 0.780. The van der Waals surface area contributed by atoms with Gasteiger partial charge in [-0.2, -0.15) is 5.10 Å². The van der Waals surface area contributed by atoms with E-state index in [2.05, 4.69) is 24.3 Å². The van der Waals surface area contributed by atoms with Crippen molar-refractivity contribution in [3.8, 4) is 5.75 Å². The van der Waals surface area contributed by atoms with Gasteiger partial charge in [-0.25, -0.2) is 0 Å². The van der Waals surface area contributed by atoms with Crippen LogP contribution in [0.15, 0.2) is 12.4 Å². The summed E-state index contributed by atoms with van der Waals surface area (Å²) in [4.78, 5) is 0. The van der Waals surface area contributed by atoms with Crippen LogP contribution < -0.4 is 10.1 Å². The summed E-state index contributed by atoms with van der Waals surface area (Å²) in [5.74, 6) is 0.840. The molecule has 0 bridgehead atoms. The summed E-state index contributed by atoms with van der Waals surface area (Å²) in [5, 5.41) is 7.57. The molecule has 2 rings (SSSR count). The zero-order chi connectivity index (χ0) is 13.5. The first-order valence-corrected chi connectivity index (χ1v) is 7.33. The van der Waals surface area contributed by atoms with Crippen LogP contribution >= 0.6 is 0 Å². The molecule has 2 atom stereocenters. The number of hydrogen-bond donors (Lipinski definition) is 1. The second-order valence-corrected chi connectivity index (χ2v) is 5.02. The van der Waals surface area contributed by atoms with Crippen molar-refractivity contribution in [2.75, 3.05) is 19.7 Å². The van der Waals surface area contributed by atoms with Gasteiger partial charge < -0.3 is 14.8 Å². The molecule has 0 radical (unpaired) electrons. The third-order valence-electron chi connectivity index (χ3n) is 3.32. The molecule has 5 nitrogen and oxygen atoms in total. The molecule has 1 aliphatic rings. The van der Waals surface area contributed by atoms with Gasteiger partial charge in [0, 0.05) is 13.1 Å². The van der Waals surface area contributed by atoms with Gasteiger partial charge in [0.15, 0.2) is 5.75 Å². The van der Waals surface area contributed by atoms with E-state index in [4.69, 9.17) is 9.47 Å². The molecule has 0 aliphatic carbocycles. The van der Waals surface area contributed by atoms with Gasteiger partial charge >= 0.3 is 0 Å². The summed E-state index contributed by atoms with van der Waals surface area (Å²) >= 11 is 0. The molecule has 19 heavy (non-hydrogen) atoms. The molecule has 0 spiro atoms. The largest absolute Gasteiger partial charge is 0.488 e. The number of likely N-dealkylation sites (N-methyl/N-ethyl adjacent to an activating group) is 1. The monoisotopic (exact) mass is 267 g/mol. The SMILES string of the molecule is CCCn1cc(OCC2CCC(CNCC)O2)cn1. The van der Waals surface area contributed by atoms with Crippen molar-refractivity contribution in [2.24, 2.45) is 0 Å². The molecular formula is C14H25N3O2. The van der Waals surface area contributed by atoms with Crippen LogP contribution in [0.25, 0.3) is 0 Å². The lowest BCUT2D eigenvalue weighted by Gasteiger charge is -2.14. The van der Waals surface area contributed by atoms with Crippen LogP contribution in [0.1, 0.15) is 33.1 Å². The van der Waals surface area contributed by atoms with Crippen LogP contribution in [0.5, 0.6) is 5.75 Å². The van der Waals surface area contributed by atoms with Crippen LogP contribution in [-0.2, 0) is 11.3 Å². The fraction of sp³-hybridized carbons (Fsp3) is 0.786. The highest BCUT2D eigenvalue weighted by atomic mass is 16.5. The van der Waals surface area contributed by atoms with Crippen LogP contribution in [0.4, 0.5) is 0 Å². The molecule has 0 amide bonds. The Morgan fingerprint density at radius 2 is 2.26 bits per heavy atom. The lowest BCUT2D eigenvalue weighted by Crippen LogP contribution is -2.28. The Balaban J connectivity index is 1.68. The first-order chi connectivity index (χ1) is 9.31. The number of aryl methyl sites for hydroxylation is 1. The molecule has 108 valence electrons. The molecule has 1 aliphatic heterocycles. The number of aromatic nitrogens is 2. The van der Waals surface area contributed by atoms with Crippen molar-refractivity contribution in [2.45, 2.75) is 51.9 Å². The first kappa shape index (κ1) is 14.3. The normalized spacial score (nSPS) is 22.8. The summed E-state index contributed by atoms with van der Waals surface area (Å²) in [6.45, 7) is 7.76. The number of nitrogens with one attached hydrogen (secondary N) is 1. The molecule has 2 heterocycles. The van der Waals surface area contributed by atoms with Gasteiger partial charge in [-0.15, -0.1) is 0 Å². The average Bonchev–Trinajstić information content (AvgIpc) is 3.03. The van der Waals surface area contributed by atoms with E-state index < -0.39 is 0 Å². The third-order valence-corrected chi connectivity index (χ3v) is 3.32. The summed E-state index contributed by atoms with van der Waals surface area (Å²) in [5.41, 5.74) is 0. The van der Waals surface area contributed by atoms with Crippen molar-refractivity contribution in [3.05, 3.63) is 12.4 Å². The Labute approximate surface area is 115 Å². The maximum Gasteiger partial charge on any atom is 0.157 e. The van der Waals surface area contributed by atoms with E-state index in [1.165, 1.54) is 0 Å². The second kappa shape index (κ2) is 7.50. The van der Waals surface area contributed by atoms with Crippen molar-refractivity contribution < 1.29 is 9.47 Å². The Morgan fingerprint density at radius 3 is 3.05 bits per heavy atom. The maximum absolute atomic E-state index is 5.92. The van der Waals surface area contributed by atoms with E-state index in [1.807, 2.05) is 10.9 Å². The number of hydrogen-bond acceptors (Lipinski definition) is 4. The predicted molar refractivity (Wildman–Crippen MR) is 74.5 cm³/mol. The van der Waals surface area contributed by atoms with Gasteiger partial charge in [0.1, 0.15) is 6.61 Å². The summed E-state index contributed by atoms with van der Waals surface area (Å²) < 4.78 is 13.6. The molecule has 1 aromatic heterocycles. The zero-order valence-corrected chi connectivity index (χ0v) is 12.0. The van der Waals surface area contributed by atoms with Gasteiger partial charge in [0.25, 0.3) is 0 Å². The van der Waals surface area contributed by atoms with E-state index in [9.17, 15) is 0 Å². The number of nitrogens with zero attached hydrogens (tertiary/aromatic N) is 2. The Bertz CT molecular complexity index is 367. The highest BCUT2D eigenvalue weighted by molar-refractivity contribution is 5.11. The smallest absolute Gasteiger partial charge is 0.157 e. The van der Waals surface area contributed by atoms with Gasteiger partial charge in [0.2, 0.25) is 0 Å². The Kier molecular flexibility index (Phi) is 5.66. The average molecular weight is 267 g/mol. The molecule has 1 N–H and O–H groups in total. The minimum absolute atomic E-state index is 0.221. The van der Waals surface area contributed by atoms with Crippen molar-refractivity contribution >= 4 is 0 Å². The molecule has 1 fully saturated rings. The minimum atomic E-state index is 0.221. The fourth-order valence-electron chi connectivity index (χ4n) is 2.32. The summed E-state index contributed by atoms with van der Waals surface area (Å²) in [7, 11) is 0. The van der Waals surface area contributed by atoms with E-state index in [-0.39, 0.29) is 6.10 Å². The topological polar surface area (TPSA) is 48.3 Å². The maximum atomic E-state index is 5.92. The molecule has 1 aromatic rings. The van der Waals surface area contributed by atoms with E-state index in [0.717, 1.165) is 44.6 Å². The molecule has 5 heteroatoms. The molecule has 2 unspecified atom stereocenters. The van der Waals surface area contributed by atoms with E-state index >= 15 is 0 Å². The number of ether oxygens (including phenoxy) is 2. The molecular weight excluding hydrogens is 242 g/mol. The van der Waals surface area contributed by atoms with Crippen molar-refractivity contribution in [1.29, 1.82) is 0 Å². The Hall–Kier alpha value is -1.07. The molecule has 0 aromatic carbocycles. The van der Waals surface area contributed by atoms with Crippen LogP contribution in [0.3, 0.4) is 0 Å². The first-order valence-electron chi connectivity index (χ1n) is 7.33. The van der Waals surface area contributed by atoms with Gasteiger partial charge in [-0.05, 0) is 25.8 Å². The second-order valence-electron chi connectivity index (χ2n) is 5.02. The van der Waals surface area contributed by atoms with Crippen LogP contribution in [0.2, 0.25) is 0 Å². The standard InChI is InChI=1S/C14H25N3O2/c1-3-7-17-10-14(9-16-17)18-11-13-6-5-12(19-13)8-15-4-2/h9-10,12-13,15H,3-8,11H2,1-2H3. The predicted octanol–water partition coefficient (Wildman–Crippen LogP) is 1.83. The third kappa shape index (κ3) is 4.51. The van der Waals surface area contributed by atoms with E-state index in [1.54, 1.807) is 6.20 Å². The molecule has 0 saturated carbocycles. The molecule has 1 saturated heterocycles. The van der Waals surface area contributed by atoms with Crippen molar-refractivity contribution in [1.82, 2.24) is 15.1 Å². The summed E-state index contributed by atoms with van der Waals surface area (Å²) in [6.07, 6.45) is 7.58. The minimum Gasteiger partial charge on any atom is -0.488 e. The summed E-state index contributed by atoms with van der Waals surface area (Å²) in [6, 6.07) is 0. The lowest BCUT2D eigenvalue weighted by atomic mass is 10.2. The van der Waals surface area contributed by atoms with Crippen LogP contribution in [0, 0.1) is 0 Å². The Morgan fingerprint density at radius 1 is 1.42 bits per heavy atom. The zero-order valence-electron chi connectivity index (χ0n) is 12.0. The fourth-order valence-corrected chi connectivity index (χ4v) is 2.32. The van der Waals surface area contributed by atoms with Gasteiger partial charge in [0.05, 0.1) is 24.6 Å². The highest BCUT2D eigenvalue weighted by Gasteiger charge is 2.25. The van der Waals surface area contributed by atoms with Crippen LogP contribution in [-0.4, -0.2) is 41.7 Å². The van der Waals surface area contributed by atoms with Gasteiger partial charge in [-0.3, -0.25) is 4.68 Å². The van der Waals surface area contributed by atoms with Crippen molar-refractivity contribution in [3.63, 3.8) is 0 Å². The highest BCUT2D eigenvalue weighted by Crippen LogP contribution is 2.20. The lowest BCUT2D eigenvalue weighted by molar-refractivity contribution is 0.0188.